The predicted molar refractivity (Wildman–Crippen MR) is 72.1 cm³/mol. The lowest BCUT2D eigenvalue weighted by atomic mass is 9.71. The average molecular weight is 239 g/mol. The Morgan fingerprint density at radius 2 is 1.82 bits per heavy atom. The van der Waals surface area contributed by atoms with Crippen molar-refractivity contribution in [3.8, 4) is 0 Å². The first-order valence-corrected chi connectivity index (χ1v) is 7.41. The number of hydrogen-bond donors (Lipinski definition) is 1. The van der Waals surface area contributed by atoms with E-state index in [-0.39, 0.29) is 0 Å². The first-order chi connectivity index (χ1) is 8.10. The minimum absolute atomic E-state index is 0.463. The van der Waals surface area contributed by atoms with Gasteiger partial charge in [0.2, 0.25) is 0 Å². The van der Waals surface area contributed by atoms with Gasteiger partial charge in [-0.2, -0.15) is 0 Å². The van der Waals surface area contributed by atoms with Crippen LogP contribution in [0.2, 0.25) is 0 Å². The molecule has 1 unspecified atom stereocenters. The van der Waals surface area contributed by atoms with E-state index in [1.807, 2.05) is 0 Å². The second-order valence-electron chi connectivity index (χ2n) is 6.72. The Bertz CT molecular complexity index is 231. The molecule has 1 saturated carbocycles. The van der Waals surface area contributed by atoms with Crippen molar-refractivity contribution in [3.05, 3.63) is 0 Å². The summed E-state index contributed by atoms with van der Waals surface area (Å²) in [6.45, 7) is 10.4. The Morgan fingerprint density at radius 1 is 1.18 bits per heavy atom. The molecule has 1 N–H and O–H groups in total. The van der Waals surface area contributed by atoms with Crippen molar-refractivity contribution in [2.45, 2.75) is 58.9 Å². The fourth-order valence-electron chi connectivity index (χ4n) is 2.79. The maximum absolute atomic E-state index is 5.47. The maximum Gasteiger partial charge on any atom is 0.0468 e. The Labute approximate surface area is 107 Å². The van der Waals surface area contributed by atoms with Gasteiger partial charge in [-0.1, -0.05) is 20.8 Å². The standard InChI is InChI=1S/C15H29NO/c1-12(2)15(3,11-16-14-4-5-14)10-13-6-8-17-9-7-13/h12-14,16H,4-11H2,1-3H3. The summed E-state index contributed by atoms with van der Waals surface area (Å²) in [5.41, 5.74) is 0.463. The number of hydrogen-bond acceptors (Lipinski definition) is 2. The van der Waals surface area contributed by atoms with Gasteiger partial charge in [-0.25, -0.2) is 0 Å². The lowest BCUT2D eigenvalue weighted by molar-refractivity contribution is 0.0400. The molecule has 17 heavy (non-hydrogen) atoms. The van der Waals surface area contributed by atoms with Crippen molar-refractivity contribution in [3.63, 3.8) is 0 Å². The molecule has 2 aliphatic rings. The summed E-state index contributed by atoms with van der Waals surface area (Å²) in [5.74, 6) is 1.65. The second kappa shape index (κ2) is 5.71. The van der Waals surface area contributed by atoms with E-state index in [9.17, 15) is 0 Å². The van der Waals surface area contributed by atoms with Gasteiger partial charge in [0, 0.05) is 25.8 Å². The van der Waals surface area contributed by atoms with Crippen LogP contribution in [0, 0.1) is 17.3 Å². The molecule has 0 aromatic carbocycles. The molecule has 100 valence electrons. The van der Waals surface area contributed by atoms with Gasteiger partial charge in [-0.15, -0.1) is 0 Å². The molecule has 0 aromatic rings. The highest BCUT2D eigenvalue weighted by molar-refractivity contribution is 4.88. The van der Waals surface area contributed by atoms with Crippen molar-refractivity contribution in [2.75, 3.05) is 19.8 Å². The minimum atomic E-state index is 0.463. The van der Waals surface area contributed by atoms with Gasteiger partial charge in [0.25, 0.3) is 0 Å². The third-order valence-corrected chi connectivity index (χ3v) is 4.86. The molecule has 2 heteroatoms. The zero-order valence-corrected chi connectivity index (χ0v) is 11.8. The Morgan fingerprint density at radius 3 is 2.35 bits per heavy atom. The van der Waals surface area contributed by atoms with E-state index in [1.165, 1.54) is 38.6 Å². The van der Waals surface area contributed by atoms with E-state index < -0.39 is 0 Å². The first kappa shape index (κ1) is 13.4. The van der Waals surface area contributed by atoms with E-state index in [4.69, 9.17) is 4.74 Å². The van der Waals surface area contributed by atoms with Crippen molar-refractivity contribution in [1.82, 2.24) is 5.32 Å². The summed E-state index contributed by atoms with van der Waals surface area (Å²) in [5, 5.41) is 3.74. The van der Waals surface area contributed by atoms with Crippen LogP contribution in [0.3, 0.4) is 0 Å². The zero-order chi connectivity index (χ0) is 12.3. The molecule has 0 radical (unpaired) electrons. The van der Waals surface area contributed by atoms with Crippen molar-refractivity contribution < 1.29 is 4.74 Å². The molecule has 2 rings (SSSR count). The normalized spacial score (nSPS) is 26.1. The lowest BCUT2D eigenvalue weighted by Gasteiger charge is -2.38. The molecular weight excluding hydrogens is 210 g/mol. The highest BCUT2D eigenvalue weighted by Gasteiger charge is 2.33. The van der Waals surface area contributed by atoms with E-state index in [2.05, 4.69) is 26.1 Å². The Kier molecular flexibility index (Phi) is 4.48. The van der Waals surface area contributed by atoms with Crippen molar-refractivity contribution >= 4 is 0 Å². The molecule has 0 aromatic heterocycles. The largest absolute Gasteiger partial charge is 0.381 e. The van der Waals surface area contributed by atoms with Gasteiger partial charge >= 0.3 is 0 Å². The molecule has 1 saturated heterocycles. The summed E-state index contributed by atoms with van der Waals surface area (Å²) in [6.07, 6.45) is 6.70. The van der Waals surface area contributed by atoms with Crippen molar-refractivity contribution in [1.29, 1.82) is 0 Å². The molecule has 2 nitrogen and oxygen atoms in total. The van der Waals surface area contributed by atoms with Gasteiger partial charge in [0.05, 0.1) is 0 Å². The molecule has 1 aliphatic heterocycles. The van der Waals surface area contributed by atoms with Crippen LogP contribution in [0.4, 0.5) is 0 Å². The predicted octanol–water partition coefficient (Wildman–Crippen LogP) is 3.22. The van der Waals surface area contributed by atoms with Gasteiger partial charge in [-0.05, 0) is 49.4 Å². The first-order valence-electron chi connectivity index (χ1n) is 7.41. The molecule has 1 aliphatic carbocycles. The van der Waals surface area contributed by atoms with Crippen molar-refractivity contribution in [2.24, 2.45) is 17.3 Å². The monoisotopic (exact) mass is 239 g/mol. The zero-order valence-electron chi connectivity index (χ0n) is 11.8. The van der Waals surface area contributed by atoms with Gasteiger partial charge < -0.3 is 10.1 Å². The topological polar surface area (TPSA) is 21.3 Å². The summed E-state index contributed by atoms with van der Waals surface area (Å²) in [7, 11) is 0. The van der Waals surface area contributed by atoms with Crippen LogP contribution in [0.25, 0.3) is 0 Å². The maximum atomic E-state index is 5.47. The van der Waals surface area contributed by atoms with Crippen LogP contribution in [0.5, 0.6) is 0 Å². The summed E-state index contributed by atoms with van der Waals surface area (Å²) < 4.78 is 5.47. The minimum Gasteiger partial charge on any atom is -0.381 e. The molecule has 1 heterocycles. The van der Waals surface area contributed by atoms with E-state index in [0.29, 0.717) is 5.41 Å². The number of rotatable bonds is 6. The SMILES string of the molecule is CC(C)C(C)(CNC1CC1)CC1CCOCC1. The molecular formula is C15H29NO. The van der Waals surface area contributed by atoms with Crippen LogP contribution in [0.1, 0.15) is 52.9 Å². The quantitative estimate of drug-likeness (QED) is 0.768. The molecule has 1 atom stereocenters. The van der Waals surface area contributed by atoms with Gasteiger partial charge in [-0.3, -0.25) is 0 Å². The van der Waals surface area contributed by atoms with E-state index in [0.717, 1.165) is 31.1 Å². The van der Waals surface area contributed by atoms with E-state index >= 15 is 0 Å². The molecule has 0 bridgehead atoms. The fourth-order valence-corrected chi connectivity index (χ4v) is 2.79. The Hall–Kier alpha value is -0.0800. The lowest BCUT2D eigenvalue weighted by Crippen LogP contribution is -2.39. The summed E-state index contributed by atoms with van der Waals surface area (Å²) in [6, 6.07) is 0.836. The Balaban J connectivity index is 1.84. The second-order valence-corrected chi connectivity index (χ2v) is 6.72. The number of nitrogens with one attached hydrogen (secondary N) is 1. The van der Waals surface area contributed by atoms with E-state index in [1.54, 1.807) is 0 Å². The van der Waals surface area contributed by atoms with Gasteiger partial charge in [0.1, 0.15) is 0 Å². The van der Waals surface area contributed by atoms with Gasteiger partial charge in [0.15, 0.2) is 0 Å². The molecule has 0 amide bonds. The smallest absolute Gasteiger partial charge is 0.0468 e. The van der Waals surface area contributed by atoms with Crippen LogP contribution in [-0.2, 0) is 4.74 Å². The summed E-state index contributed by atoms with van der Waals surface area (Å²) in [4.78, 5) is 0. The fraction of sp³-hybridized carbons (Fsp3) is 1.00. The van der Waals surface area contributed by atoms with Crippen LogP contribution in [0.15, 0.2) is 0 Å². The third kappa shape index (κ3) is 3.96. The number of ether oxygens (including phenoxy) is 1. The molecule has 0 spiro atoms. The van der Waals surface area contributed by atoms with Crippen LogP contribution >= 0.6 is 0 Å². The summed E-state index contributed by atoms with van der Waals surface area (Å²) >= 11 is 0. The highest BCUT2D eigenvalue weighted by atomic mass is 16.5. The van der Waals surface area contributed by atoms with Crippen LogP contribution < -0.4 is 5.32 Å². The highest BCUT2D eigenvalue weighted by Crippen LogP contribution is 2.37. The van der Waals surface area contributed by atoms with Crippen LogP contribution in [-0.4, -0.2) is 25.8 Å². The molecule has 2 fully saturated rings. The third-order valence-electron chi connectivity index (χ3n) is 4.86. The average Bonchev–Trinajstić information content (AvgIpc) is 3.11.